The summed E-state index contributed by atoms with van der Waals surface area (Å²) in [5, 5.41) is 0.931. The summed E-state index contributed by atoms with van der Waals surface area (Å²) in [7, 11) is 0. The molecule has 2 amide bonds. The minimum absolute atomic E-state index is 0.00842. The second-order valence-electron chi connectivity index (χ2n) is 6.48. The average Bonchev–Trinajstić information content (AvgIpc) is 3.20. The lowest BCUT2D eigenvalue weighted by Crippen LogP contribution is -2.55. The SMILES string of the molecule is C=CCCn1c(C(=O)N2CCN(C(=O)CC)[C@@H](C)C2)cc2ccoc21. The largest absolute Gasteiger partial charge is 0.448 e. The number of furan rings is 1. The van der Waals surface area contributed by atoms with Crippen LogP contribution in [0, 0.1) is 0 Å². The lowest BCUT2D eigenvalue weighted by molar-refractivity contribution is -0.134. The lowest BCUT2D eigenvalue weighted by atomic mass is 10.1. The standard InChI is InChI=1S/C19H25N3O3/c1-4-6-8-22-16(12-15-7-11-25-19(15)22)18(24)20-9-10-21(14(3)13-20)17(23)5-2/h4,7,11-12,14H,1,5-6,8-10,13H2,2-3H3/t14-/m0/s1. The summed E-state index contributed by atoms with van der Waals surface area (Å²) >= 11 is 0. The van der Waals surface area contributed by atoms with E-state index in [1.807, 2.05) is 46.4 Å². The monoisotopic (exact) mass is 343 g/mol. The molecular formula is C19H25N3O3. The first-order valence-corrected chi connectivity index (χ1v) is 8.83. The number of carbonyl (C=O) groups excluding carboxylic acids is 2. The highest BCUT2D eigenvalue weighted by Crippen LogP contribution is 2.24. The number of amides is 2. The van der Waals surface area contributed by atoms with Gasteiger partial charge in [0.1, 0.15) is 5.69 Å². The molecule has 0 N–H and O–H groups in total. The summed E-state index contributed by atoms with van der Waals surface area (Å²) in [5.74, 6) is 0.136. The van der Waals surface area contributed by atoms with Gasteiger partial charge in [-0.3, -0.25) is 9.59 Å². The molecule has 3 heterocycles. The third-order valence-electron chi connectivity index (χ3n) is 4.82. The molecule has 2 aromatic rings. The maximum atomic E-state index is 13.1. The third kappa shape index (κ3) is 3.21. The summed E-state index contributed by atoms with van der Waals surface area (Å²) in [6.45, 7) is 9.98. The van der Waals surface area contributed by atoms with Crippen LogP contribution in [0.4, 0.5) is 0 Å². The second-order valence-corrected chi connectivity index (χ2v) is 6.48. The first-order chi connectivity index (χ1) is 12.1. The lowest BCUT2D eigenvalue weighted by Gasteiger charge is -2.39. The highest BCUT2D eigenvalue weighted by molar-refractivity contribution is 5.98. The van der Waals surface area contributed by atoms with Gasteiger partial charge >= 0.3 is 0 Å². The Kier molecular flexibility index (Phi) is 4.97. The van der Waals surface area contributed by atoms with Crippen molar-refractivity contribution in [1.82, 2.24) is 14.4 Å². The molecule has 3 rings (SSSR count). The molecule has 134 valence electrons. The van der Waals surface area contributed by atoms with E-state index in [0.717, 1.165) is 17.5 Å². The first-order valence-electron chi connectivity index (χ1n) is 8.83. The molecule has 0 bridgehead atoms. The van der Waals surface area contributed by atoms with Gasteiger partial charge in [-0.1, -0.05) is 13.0 Å². The molecule has 1 aliphatic heterocycles. The summed E-state index contributed by atoms with van der Waals surface area (Å²) < 4.78 is 7.48. The molecule has 0 radical (unpaired) electrons. The Labute approximate surface area is 147 Å². The summed E-state index contributed by atoms with van der Waals surface area (Å²) in [5.41, 5.74) is 1.36. The summed E-state index contributed by atoms with van der Waals surface area (Å²) in [4.78, 5) is 28.8. The van der Waals surface area contributed by atoms with Crippen LogP contribution in [-0.4, -0.2) is 51.9 Å². The van der Waals surface area contributed by atoms with Gasteiger partial charge in [-0.15, -0.1) is 6.58 Å². The van der Waals surface area contributed by atoms with E-state index in [4.69, 9.17) is 4.42 Å². The van der Waals surface area contributed by atoms with Gasteiger partial charge in [-0.25, -0.2) is 0 Å². The van der Waals surface area contributed by atoms with Crippen molar-refractivity contribution < 1.29 is 14.0 Å². The Morgan fingerprint density at radius 1 is 1.40 bits per heavy atom. The Hall–Kier alpha value is -2.50. The molecule has 0 aliphatic carbocycles. The van der Waals surface area contributed by atoms with Crippen LogP contribution in [0.1, 0.15) is 37.2 Å². The second kappa shape index (κ2) is 7.17. The highest BCUT2D eigenvalue weighted by Gasteiger charge is 2.31. The Bertz CT molecular complexity index is 789. The molecule has 6 nitrogen and oxygen atoms in total. The van der Waals surface area contributed by atoms with Crippen molar-refractivity contribution in [2.24, 2.45) is 0 Å². The van der Waals surface area contributed by atoms with Crippen molar-refractivity contribution in [3.63, 3.8) is 0 Å². The van der Waals surface area contributed by atoms with Gasteiger partial charge in [0.05, 0.1) is 6.26 Å². The maximum Gasteiger partial charge on any atom is 0.270 e. The molecule has 0 spiro atoms. The van der Waals surface area contributed by atoms with E-state index in [9.17, 15) is 9.59 Å². The normalized spacial score (nSPS) is 17.9. The van der Waals surface area contributed by atoms with Crippen molar-refractivity contribution in [2.75, 3.05) is 19.6 Å². The Morgan fingerprint density at radius 2 is 2.20 bits per heavy atom. The van der Waals surface area contributed by atoms with Crippen LogP contribution in [0.5, 0.6) is 0 Å². The van der Waals surface area contributed by atoms with Gasteiger partial charge in [0.15, 0.2) is 0 Å². The van der Waals surface area contributed by atoms with Gasteiger partial charge in [0, 0.05) is 44.0 Å². The number of piperazine rings is 1. The molecule has 0 aromatic carbocycles. The average molecular weight is 343 g/mol. The minimum atomic E-state index is -0.00842. The van der Waals surface area contributed by atoms with Gasteiger partial charge in [0.2, 0.25) is 11.6 Å². The van der Waals surface area contributed by atoms with Gasteiger partial charge in [-0.05, 0) is 25.5 Å². The van der Waals surface area contributed by atoms with Crippen LogP contribution in [0.25, 0.3) is 11.1 Å². The predicted molar refractivity (Wildman–Crippen MR) is 96.4 cm³/mol. The number of hydrogen-bond acceptors (Lipinski definition) is 3. The molecule has 25 heavy (non-hydrogen) atoms. The summed E-state index contributed by atoms with van der Waals surface area (Å²) in [6, 6.07) is 3.79. The van der Waals surface area contributed by atoms with E-state index in [1.165, 1.54) is 0 Å². The van der Waals surface area contributed by atoms with Crippen molar-refractivity contribution >= 4 is 22.9 Å². The third-order valence-corrected chi connectivity index (χ3v) is 4.82. The van der Waals surface area contributed by atoms with Crippen LogP contribution < -0.4 is 0 Å². The quantitative estimate of drug-likeness (QED) is 0.785. The van der Waals surface area contributed by atoms with E-state index < -0.39 is 0 Å². The zero-order valence-electron chi connectivity index (χ0n) is 14.9. The van der Waals surface area contributed by atoms with E-state index in [0.29, 0.717) is 38.3 Å². The van der Waals surface area contributed by atoms with E-state index in [2.05, 4.69) is 6.58 Å². The molecule has 1 fully saturated rings. The molecule has 1 saturated heterocycles. The number of hydrogen-bond donors (Lipinski definition) is 0. The zero-order chi connectivity index (χ0) is 18.0. The topological polar surface area (TPSA) is 58.7 Å². The number of rotatable bonds is 5. The number of nitrogens with zero attached hydrogens (tertiary/aromatic N) is 3. The summed E-state index contributed by atoms with van der Waals surface area (Å²) in [6.07, 6.45) is 4.74. The van der Waals surface area contributed by atoms with Gasteiger partial charge in [0.25, 0.3) is 5.91 Å². The molecule has 0 unspecified atom stereocenters. The fraction of sp³-hybridized carbons (Fsp3) is 0.474. The van der Waals surface area contributed by atoms with Crippen molar-refractivity contribution in [3.8, 4) is 0 Å². The Balaban J connectivity index is 1.81. The fourth-order valence-electron chi connectivity index (χ4n) is 3.47. The first kappa shape index (κ1) is 17.3. The smallest absolute Gasteiger partial charge is 0.270 e. The van der Waals surface area contributed by atoms with Gasteiger partial charge < -0.3 is 18.8 Å². The molecule has 1 aliphatic rings. The van der Waals surface area contributed by atoms with Crippen LogP contribution in [-0.2, 0) is 11.3 Å². The van der Waals surface area contributed by atoms with Gasteiger partial charge in [-0.2, -0.15) is 0 Å². The van der Waals surface area contributed by atoms with E-state index >= 15 is 0 Å². The zero-order valence-corrected chi connectivity index (χ0v) is 14.9. The fourth-order valence-corrected chi connectivity index (χ4v) is 3.47. The minimum Gasteiger partial charge on any atom is -0.448 e. The number of aryl methyl sites for hydroxylation is 1. The van der Waals surface area contributed by atoms with Crippen molar-refractivity contribution in [2.45, 2.75) is 39.3 Å². The number of allylic oxidation sites excluding steroid dienone is 1. The van der Waals surface area contributed by atoms with Crippen LogP contribution >= 0.6 is 0 Å². The maximum absolute atomic E-state index is 13.1. The van der Waals surface area contributed by atoms with E-state index in [-0.39, 0.29) is 17.9 Å². The van der Waals surface area contributed by atoms with Crippen molar-refractivity contribution in [1.29, 1.82) is 0 Å². The highest BCUT2D eigenvalue weighted by atomic mass is 16.3. The predicted octanol–water partition coefficient (Wildman–Crippen LogP) is 2.89. The number of aromatic nitrogens is 1. The van der Waals surface area contributed by atoms with Crippen LogP contribution in [0.2, 0.25) is 0 Å². The molecule has 0 saturated carbocycles. The molecule has 2 aromatic heterocycles. The van der Waals surface area contributed by atoms with Crippen molar-refractivity contribution in [3.05, 3.63) is 36.7 Å². The number of carbonyl (C=O) groups is 2. The number of fused-ring (bicyclic) bond motifs is 1. The van der Waals surface area contributed by atoms with Crippen LogP contribution in [0.15, 0.2) is 35.5 Å². The Morgan fingerprint density at radius 3 is 2.88 bits per heavy atom. The molecular weight excluding hydrogens is 318 g/mol. The molecule has 1 atom stereocenters. The molecule has 6 heteroatoms. The van der Waals surface area contributed by atoms with Crippen LogP contribution in [0.3, 0.4) is 0 Å². The van der Waals surface area contributed by atoms with E-state index in [1.54, 1.807) is 6.26 Å².